The number of benzene rings is 1. The summed E-state index contributed by atoms with van der Waals surface area (Å²) < 4.78 is 5.62. The molecule has 0 unspecified atom stereocenters. The van der Waals surface area contributed by atoms with Crippen molar-refractivity contribution in [2.24, 2.45) is 0 Å². The first kappa shape index (κ1) is 23.5. The molecule has 0 amide bonds. The predicted octanol–water partition coefficient (Wildman–Crippen LogP) is 3.00. The fourth-order valence-electron chi connectivity index (χ4n) is 2.38. The molecule has 28 heavy (non-hydrogen) atoms. The van der Waals surface area contributed by atoms with Crippen molar-refractivity contribution in [3.05, 3.63) is 58.7 Å². The van der Waals surface area contributed by atoms with Crippen LogP contribution in [0.2, 0.25) is 0 Å². The minimum atomic E-state index is -1.49. The zero-order chi connectivity index (χ0) is 21.5. The summed E-state index contributed by atoms with van der Waals surface area (Å²) >= 11 is 0. The van der Waals surface area contributed by atoms with Crippen molar-refractivity contribution >= 4 is 11.6 Å². The smallest absolute Gasteiger partial charge is 0.193 e. The van der Waals surface area contributed by atoms with Crippen LogP contribution in [0.15, 0.2) is 47.6 Å². The second kappa shape index (κ2) is 9.61. The quantitative estimate of drug-likeness (QED) is 0.296. The van der Waals surface area contributed by atoms with Crippen LogP contribution in [0.5, 0.6) is 0 Å². The third-order valence-corrected chi connectivity index (χ3v) is 3.92. The number of rotatable bonds is 9. The van der Waals surface area contributed by atoms with Gasteiger partial charge in [-0.05, 0) is 52.3 Å². The van der Waals surface area contributed by atoms with Crippen LogP contribution in [-0.4, -0.2) is 39.6 Å². The summed E-state index contributed by atoms with van der Waals surface area (Å²) in [6.45, 7) is 7.71. The first-order valence-corrected chi connectivity index (χ1v) is 8.94. The summed E-state index contributed by atoms with van der Waals surface area (Å²) in [5.74, 6) is 1.68. The SMILES string of the molecule is C#C/C(=C\C(=C/C)C(=O)C(C)(C)O)COCc1cccc(C(=O)C(C)(C)O)c1. The van der Waals surface area contributed by atoms with Gasteiger partial charge in [0.15, 0.2) is 11.6 Å². The molecule has 0 aliphatic carbocycles. The van der Waals surface area contributed by atoms with Crippen LogP contribution in [0.3, 0.4) is 0 Å². The van der Waals surface area contributed by atoms with E-state index in [0.29, 0.717) is 16.7 Å². The van der Waals surface area contributed by atoms with Crippen molar-refractivity contribution in [3.63, 3.8) is 0 Å². The van der Waals surface area contributed by atoms with Crippen LogP contribution in [0, 0.1) is 12.3 Å². The molecule has 0 heterocycles. The summed E-state index contributed by atoms with van der Waals surface area (Å²) in [5, 5.41) is 19.7. The van der Waals surface area contributed by atoms with E-state index in [0.717, 1.165) is 5.56 Å². The minimum absolute atomic E-state index is 0.0939. The lowest BCUT2D eigenvalue weighted by Gasteiger charge is -2.16. The van der Waals surface area contributed by atoms with Crippen molar-refractivity contribution in [2.75, 3.05) is 6.61 Å². The van der Waals surface area contributed by atoms with Gasteiger partial charge in [-0.3, -0.25) is 9.59 Å². The van der Waals surface area contributed by atoms with E-state index in [4.69, 9.17) is 11.2 Å². The lowest BCUT2D eigenvalue weighted by atomic mass is 9.95. The fraction of sp³-hybridized carbons (Fsp3) is 0.391. The average Bonchev–Trinajstić information content (AvgIpc) is 2.62. The molecular formula is C23H28O5. The third kappa shape index (κ3) is 6.90. The predicted molar refractivity (Wildman–Crippen MR) is 109 cm³/mol. The Morgan fingerprint density at radius 2 is 1.82 bits per heavy atom. The zero-order valence-electron chi connectivity index (χ0n) is 17.1. The Morgan fingerprint density at radius 3 is 2.32 bits per heavy atom. The maximum absolute atomic E-state index is 12.2. The Hall–Kier alpha value is -2.52. The third-order valence-electron chi connectivity index (χ3n) is 3.92. The van der Waals surface area contributed by atoms with E-state index in [1.54, 1.807) is 37.3 Å². The van der Waals surface area contributed by atoms with Gasteiger partial charge in [-0.1, -0.05) is 30.2 Å². The summed E-state index contributed by atoms with van der Waals surface area (Å²) in [4.78, 5) is 24.4. The number of carbonyl (C=O) groups excluding carboxylic acids is 2. The molecule has 5 nitrogen and oxygen atoms in total. The number of allylic oxidation sites excluding steroid dienone is 2. The Balaban J connectivity index is 2.83. The number of ketones is 2. The van der Waals surface area contributed by atoms with Gasteiger partial charge in [-0.25, -0.2) is 0 Å². The van der Waals surface area contributed by atoms with Crippen LogP contribution >= 0.6 is 0 Å². The van der Waals surface area contributed by atoms with E-state index >= 15 is 0 Å². The Labute approximate surface area is 166 Å². The highest BCUT2D eigenvalue weighted by Crippen LogP contribution is 2.16. The number of ether oxygens (including phenoxy) is 1. The first-order chi connectivity index (χ1) is 12.9. The van der Waals surface area contributed by atoms with E-state index in [-0.39, 0.29) is 19.0 Å². The largest absolute Gasteiger partial charge is 0.382 e. The molecular weight excluding hydrogens is 356 g/mol. The van der Waals surface area contributed by atoms with Gasteiger partial charge in [0, 0.05) is 16.7 Å². The molecule has 0 bridgehead atoms. The average molecular weight is 384 g/mol. The number of hydrogen-bond donors (Lipinski definition) is 2. The normalized spacial score (nSPS) is 13.2. The van der Waals surface area contributed by atoms with Crippen molar-refractivity contribution < 1.29 is 24.5 Å². The van der Waals surface area contributed by atoms with Crippen LogP contribution in [0.1, 0.15) is 50.5 Å². The van der Waals surface area contributed by atoms with Gasteiger partial charge in [0.05, 0.1) is 13.2 Å². The van der Waals surface area contributed by atoms with Crippen molar-refractivity contribution in [3.8, 4) is 12.3 Å². The van der Waals surface area contributed by atoms with Crippen molar-refractivity contribution in [1.29, 1.82) is 0 Å². The summed E-state index contributed by atoms with van der Waals surface area (Å²) in [6.07, 6.45) is 8.61. The molecule has 0 spiro atoms. The lowest BCUT2D eigenvalue weighted by molar-refractivity contribution is -0.129. The molecule has 0 radical (unpaired) electrons. The molecule has 1 rings (SSSR count). The molecule has 2 N–H and O–H groups in total. The molecule has 1 aromatic carbocycles. The number of carbonyl (C=O) groups is 2. The monoisotopic (exact) mass is 384 g/mol. The van der Waals surface area contributed by atoms with Crippen LogP contribution < -0.4 is 0 Å². The number of terminal acetylenes is 1. The van der Waals surface area contributed by atoms with Gasteiger partial charge in [0.2, 0.25) is 0 Å². The molecule has 0 fully saturated rings. The maximum Gasteiger partial charge on any atom is 0.193 e. The molecule has 5 heteroatoms. The van der Waals surface area contributed by atoms with Gasteiger partial charge < -0.3 is 14.9 Å². The highest BCUT2D eigenvalue weighted by atomic mass is 16.5. The topological polar surface area (TPSA) is 83.8 Å². The molecule has 0 atom stereocenters. The molecule has 1 aromatic rings. The van der Waals surface area contributed by atoms with E-state index in [1.165, 1.54) is 33.8 Å². The van der Waals surface area contributed by atoms with Gasteiger partial charge in [0.1, 0.15) is 11.2 Å². The van der Waals surface area contributed by atoms with Crippen LogP contribution in [0.4, 0.5) is 0 Å². The standard InChI is InChI=1S/C23H28O5/c1-7-16(12-18(8-2)20(24)22(3,4)26)14-28-15-17-10-9-11-19(13-17)21(25)23(5,6)27/h1,8-13,26-27H,14-15H2,2-6H3/b16-12+,18-8+. The van der Waals surface area contributed by atoms with Crippen molar-refractivity contribution in [2.45, 2.75) is 52.4 Å². The van der Waals surface area contributed by atoms with Gasteiger partial charge in [0.25, 0.3) is 0 Å². The van der Waals surface area contributed by atoms with E-state index in [2.05, 4.69) is 5.92 Å². The maximum atomic E-state index is 12.2. The Bertz CT molecular complexity index is 824. The summed E-state index contributed by atoms with van der Waals surface area (Å²) in [5.41, 5.74) is -1.03. The second-order valence-corrected chi connectivity index (χ2v) is 7.53. The van der Waals surface area contributed by atoms with Gasteiger partial charge >= 0.3 is 0 Å². The molecule has 150 valence electrons. The van der Waals surface area contributed by atoms with E-state index in [1.807, 2.05) is 0 Å². The lowest BCUT2D eigenvalue weighted by Crippen LogP contribution is -2.32. The van der Waals surface area contributed by atoms with E-state index < -0.39 is 17.0 Å². The molecule has 0 aliphatic rings. The summed E-state index contributed by atoms with van der Waals surface area (Å²) in [7, 11) is 0. The van der Waals surface area contributed by atoms with Gasteiger partial charge in [-0.15, -0.1) is 6.42 Å². The number of hydrogen-bond acceptors (Lipinski definition) is 5. The molecule has 0 saturated carbocycles. The first-order valence-electron chi connectivity index (χ1n) is 8.94. The second-order valence-electron chi connectivity index (χ2n) is 7.53. The van der Waals surface area contributed by atoms with Crippen molar-refractivity contribution in [1.82, 2.24) is 0 Å². The Kier molecular flexibility index (Phi) is 8.07. The highest BCUT2D eigenvalue weighted by molar-refractivity contribution is 6.03. The van der Waals surface area contributed by atoms with E-state index in [9.17, 15) is 19.8 Å². The van der Waals surface area contributed by atoms with Gasteiger partial charge in [-0.2, -0.15) is 0 Å². The molecule has 0 saturated heterocycles. The highest BCUT2D eigenvalue weighted by Gasteiger charge is 2.26. The summed E-state index contributed by atoms with van der Waals surface area (Å²) in [6, 6.07) is 6.82. The molecule has 0 aromatic heterocycles. The Morgan fingerprint density at radius 1 is 1.18 bits per heavy atom. The number of aliphatic hydroxyl groups is 2. The fourth-order valence-corrected chi connectivity index (χ4v) is 2.38. The zero-order valence-corrected chi connectivity index (χ0v) is 17.1. The van der Waals surface area contributed by atoms with Crippen LogP contribution in [-0.2, 0) is 16.1 Å². The number of Topliss-reactive ketones (excluding diaryl/α,β-unsaturated/α-hetero) is 2. The minimum Gasteiger partial charge on any atom is -0.382 e. The van der Waals surface area contributed by atoms with Crippen LogP contribution in [0.25, 0.3) is 0 Å². The molecule has 0 aliphatic heterocycles.